The molecule has 0 fully saturated rings. The van der Waals surface area contributed by atoms with Crippen molar-refractivity contribution < 1.29 is 42.5 Å². The minimum Gasteiger partial charge on any atom is -0.744 e. The van der Waals surface area contributed by atoms with E-state index in [-0.39, 0.29) is 34.5 Å². The van der Waals surface area contributed by atoms with Crippen LogP contribution in [-0.2, 0) is 23.0 Å². The van der Waals surface area contributed by atoms with Gasteiger partial charge in [0.2, 0.25) is 0 Å². The van der Waals surface area contributed by atoms with Crippen LogP contribution in [0.4, 0.5) is 0 Å². The van der Waals surface area contributed by atoms with Gasteiger partial charge in [0.1, 0.15) is 13.9 Å². The van der Waals surface area contributed by atoms with Crippen LogP contribution in [0.1, 0.15) is 30.4 Å². The van der Waals surface area contributed by atoms with Crippen LogP contribution < -0.4 is 29.6 Å². The Hall–Kier alpha value is -0.380. The monoisotopic (exact) mass is 458 g/mol. The van der Waals surface area contributed by atoms with Gasteiger partial charge in [-0.2, -0.15) is 0 Å². The molecule has 0 amide bonds. The summed E-state index contributed by atoms with van der Waals surface area (Å²) in [6, 6.07) is 16.6. The molecule has 0 bridgehead atoms. The van der Waals surface area contributed by atoms with Gasteiger partial charge in [-0.15, -0.1) is 0 Å². The zero-order valence-corrected chi connectivity index (χ0v) is 20.9. The molecule has 0 unspecified atom stereocenters. The Balaban J connectivity index is 0.00000280. The fourth-order valence-electron chi connectivity index (χ4n) is 2.93. The first-order chi connectivity index (χ1) is 12.9. The van der Waals surface area contributed by atoms with Gasteiger partial charge < -0.3 is 4.55 Å². The van der Waals surface area contributed by atoms with E-state index in [4.69, 9.17) is 12.2 Å². The van der Waals surface area contributed by atoms with E-state index in [1.165, 1.54) is 28.1 Å². The predicted molar refractivity (Wildman–Crippen MR) is 114 cm³/mol. The van der Waals surface area contributed by atoms with Crippen LogP contribution in [0.3, 0.4) is 0 Å². The Kier molecular flexibility index (Phi) is 9.50. The second-order valence-electron chi connectivity index (χ2n) is 6.29. The van der Waals surface area contributed by atoms with E-state index in [1.54, 1.807) is 32.8 Å². The molecule has 1 aromatic heterocycles. The molecule has 8 heteroatoms. The molecule has 0 saturated heterocycles. The van der Waals surface area contributed by atoms with Crippen LogP contribution in [0.2, 0.25) is 0 Å². The van der Waals surface area contributed by atoms with E-state index in [0.29, 0.717) is 0 Å². The summed E-state index contributed by atoms with van der Waals surface area (Å²) in [6.45, 7) is 0. The van der Waals surface area contributed by atoms with Crippen molar-refractivity contribution in [1.29, 1.82) is 0 Å². The molecule has 0 saturated carbocycles. The van der Waals surface area contributed by atoms with Crippen molar-refractivity contribution in [1.82, 2.24) is 0 Å². The Morgan fingerprint density at radius 1 is 0.857 bits per heavy atom. The fourth-order valence-corrected chi connectivity index (χ4v) is 6.41. The van der Waals surface area contributed by atoms with Crippen LogP contribution in [0.5, 0.6) is 0 Å². The van der Waals surface area contributed by atoms with Gasteiger partial charge in [0, 0.05) is 0 Å². The maximum Gasteiger partial charge on any atom is 1.00 e. The molecule has 0 atom stereocenters. The van der Waals surface area contributed by atoms with E-state index in [9.17, 15) is 13.0 Å². The smallest absolute Gasteiger partial charge is 0.744 e. The van der Waals surface area contributed by atoms with Crippen LogP contribution >= 0.6 is 32.9 Å². The molecule has 0 radical (unpaired) electrons. The molecule has 142 valence electrons. The average Bonchev–Trinajstić information content (AvgIpc) is 3.02. The van der Waals surface area contributed by atoms with Crippen LogP contribution in [-0.4, -0.2) is 13.0 Å². The summed E-state index contributed by atoms with van der Waals surface area (Å²) in [5, 5.41) is 0. The maximum atomic E-state index is 11.0. The van der Waals surface area contributed by atoms with Crippen molar-refractivity contribution >= 4 is 43.0 Å². The summed E-state index contributed by atoms with van der Waals surface area (Å²) in [4.78, 5) is 1.12. The molecule has 0 aliphatic heterocycles. The molecule has 0 aliphatic carbocycles. The van der Waals surface area contributed by atoms with Crippen molar-refractivity contribution in [3.63, 3.8) is 0 Å². The van der Waals surface area contributed by atoms with Gasteiger partial charge in [-0.1, -0.05) is 81.8 Å². The summed E-state index contributed by atoms with van der Waals surface area (Å²) in [5.41, 5.74) is 3.57. The largest absolute Gasteiger partial charge is 1.00 e. The third kappa shape index (κ3) is 6.57. The van der Waals surface area contributed by atoms with Gasteiger partial charge in [0.15, 0.2) is 0 Å². The minimum absolute atomic E-state index is 0. The minimum atomic E-state index is -4.36. The molecule has 0 spiro atoms. The number of hydrogen-bond acceptors (Lipinski definition) is 6. The maximum absolute atomic E-state index is 11.0. The Morgan fingerprint density at radius 3 is 2.14 bits per heavy atom. The Morgan fingerprint density at radius 2 is 1.50 bits per heavy atom. The molecule has 28 heavy (non-hydrogen) atoms. The van der Waals surface area contributed by atoms with Gasteiger partial charge in [-0.3, -0.25) is 0 Å². The SMILES string of the molecule is O=S(=O)([O-])c1ccc(CCCCCc2c(-c3ccccc3)ssc2=S)cc1.[Na+]. The fraction of sp³-hybridized carbons (Fsp3) is 0.250. The van der Waals surface area contributed by atoms with Crippen molar-refractivity contribution in [3.8, 4) is 10.4 Å². The van der Waals surface area contributed by atoms with Gasteiger partial charge in [0.05, 0.1) is 9.77 Å². The zero-order valence-electron chi connectivity index (χ0n) is 15.6. The van der Waals surface area contributed by atoms with Crippen molar-refractivity contribution in [3.05, 3.63) is 69.5 Å². The number of benzene rings is 2. The first-order valence-electron chi connectivity index (χ1n) is 8.67. The molecule has 3 nitrogen and oxygen atoms in total. The molecule has 1 heterocycles. The summed E-state index contributed by atoms with van der Waals surface area (Å²) in [6.07, 6.45) is 5.02. The average molecular weight is 459 g/mol. The molecule has 2 aromatic carbocycles. The number of unbranched alkanes of at least 4 members (excludes halogenated alkanes) is 2. The van der Waals surface area contributed by atoms with Crippen LogP contribution in [0.15, 0.2) is 59.5 Å². The predicted octanol–water partition coefficient (Wildman–Crippen LogP) is 3.07. The third-order valence-corrected chi connectivity index (χ3v) is 8.40. The molecular formula is C20H19NaO3S4. The van der Waals surface area contributed by atoms with Crippen LogP contribution in [0, 0.1) is 3.82 Å². The number of aryl methyl sites for hydroxylation is 1. The van der Waals surface area contributed by atoms with Crippen LogP contribution in [0.25, 0.3) is 10.4 Å². The normalized spacial score (nSPS) is 11.2. The van der Waals surface area contributed by atoms with Crippen molar-refractivity contribution in [2.75, 3.05) is 0 Å². The van der Waals surface area contributed by atoms with Crippen molar-refractivity contribution in [2.24, 2.45) is 0 Å². The summed E-state index contributed by atoms with van der Waals surface area (Å²) < 4.78 is 33.8. The Bertz CT molecular complexity index is 1040. The Labute approximate surface area is 200 Å². The summed E-state index contributed by atoms with van der Waals surface area (Å²) >= 11 is 5.52. The van der Waals surface area contributed by atoms with E-state index in [1.807, 2.05) is 6.07 Å². The molecule has 3 rings (SSSR count). The molecule has 0 N–H and O–H groups in total. The summed E-state index contributed by atoms with van der Waals surface area (Å²) in [7, 11) is -0.935. The topological polar surface area (TPSA) is 57.2 Å². The first-order valence-corrected chi connectivity index (χ1v) is 12.6. The van der Waals surface area contributed by atoms with E-state index in [2.05, 4.69) is 24.3 Å². The quantitative estimate of drug-likeness (QED) is 0.171. The summed E-state index contributed by atoms with van der Waals surface area (Å²) in [5.74, 6) is 0. The van der Waals surface area contributed by atoms with Gasteiger partial charge in [-0.05, 0) is 54.5 Å². The van der Waals surface area contributed by atoms with Gasteiger partial charge >= 0.3 is 29.6 Å². The standard InChI is InChI=1S/C20H20O3S4.Na/c21-27(22,23)17-13-11-15(12-14-17)7-3-1-6-10-18-19(25-26-20(18)24)16-8-4-2-5-9-16;/h2,4-5,8-9,11-14H,1,3,6-7,10H2,(H,21,22,23);/q;+1/p-1. The van der Waals surface area contributed by atoms with Crippen molar-refractivity contribution in [2.45, 2.75) is 37.0 Å². The molecule has 3 aromatic rings. The van der Waals surface area contributed by atoms with E-state index in [0.717, 1.165) is 41.5 Å². The third-order valence-electron chi connectivity index (χ3n) is 4.36. The van der Waals surface area contributed by atoms with Gasteiger partial charge in [0.25, 0.3) is 0 Å². The second kappa shape index (κ2) is 11.1. The second-order valence-corrected chi connectivity index (χ2v) is 10.5. The van der Waals surface area contributed by atoms with Gasteiger partial charge in [-0.25, -0.2) is 8.42 Å². The number of rotatable bonds is 8. The van der Waals surface area contributed by atoms with E-state index >= 15 is 0 Å². The molecule has 0 aliphatic rings. The van der Waals surface area contributed by atoms with E-state index < -0.39 is 10.1 Å². The number of hydrogen-bond donors (Lipinski definition) is 0. The first kappa shape index (κ1) is 23.9. The zero-order chi connectivity index (χ0) is 19.3. The molecular weight excluding hydrogens is 439 g/mol.